The van der Waals surface area contributed by atoms with Crippen LogP contribution < -0.4 is 5.32 Å². The van der Waals surface area contributed by atoms with Crippen LogP contribution in [0.2, 0.25) is 0 Å². The molecule has 0 saturated carbocycles. The summed E-state index contributed by atoms with van der Waals surface area (Å²) in [6.45, 7) is 5.99. The highest BCUT2D eigenvalue weighted by atomic mass is 32.2. The molecule has 1 aliphatic heterocycles. The number of ketones is 1. The van der Waals surface area contributed by atoms with Crippen molar-refractivity contribution < 1.29 is 23.9 Å². The summed E-state index contributed by atoms with van der Waals surface area (Å²) in [6.07, 6.45) is 3.94. The first-order valence-electron chi connectivity index (χ1n) is 12.7. The number of benzene rings is 1. The molecular formula is C29H33NO5S2. The number of allylic oxidation sites excluding steroid dienone is 3. The summed E-state index contributed by atoms with van der Waals surface area (Å²) in [5, 5.41) is 5.42. The number of hydrogen-bond acceptors (Lipinski definition) is 8. The number of hydrogen-bond donors (Lipinski definition) is 1. The van der Waals surface area contributed by atoms with Crippen molar-refractivity contribution in [3.63, 3.8) is 0 Å². The number of thiophene rings is 1. The number of carbonyl (C=O) groups is 3. The second-order valence-corrected chi connectivity index (χ2v) is 10.9. The quantitative estimate of drug-likeness (QED) is 0.239. The summed E-state index contributed by atoms with van der Waals surface area (Å²) < 4.78 is 10.9. The molecule has 0 spiro atoms. The Hall–Kier alpha value is -2.84. The Kier molecular flexibility index (Phi) is 8.92. The van der Waals surface area contributed by atoms with E-state index in [0.717, 1.165) is 33.2 Å². The highest BCUT2D eigenvalue weighted by Gasteiger charge is 2.49. The maximum absolute atomic E-state index is 14.3. The van der Waals surface area contributed by atoms with Gasteiger partial charge in [0.25, 0.3) is 0 Å². The second-order valence-electron chi connectivity index (χ2n) is 9.01. The van der Waals surface area contributed by atoms with Gasteiger partial charge in [-0.2, -0.15) is 0 Å². The van der Waals surface area contributed by atoms with E-state index in [-0.39, 0.29) is 24.9 Å². The molecular weight excluding hydrogens is 506 g/mol. The lowest BCUT2D eigenvalue weighted by Crippen LogP contribution is -2.43. The summed E-state index contributed by atoms with van der Waals surface area (Å²) in [5.41, 5.74) is 3.30. The lowest BCUT2D eigenvalue weighted by molar-refractivity contribution is -0.152. The van der Waals surface area contributed by atoms with Crippen LogP contribution in [0.25, 0.3) is 0 Å². The van der Waals surface area contributed by atoms with Crippen molar-refractivity contribution in [2.24, 2.45) is 5.92 Å². The van der Waals surface area contributed by atoms with Gasteiger partial charge in [0.15, 0.2) is 5.78 Å². The lowest BCUT2D eigenvalue weighted by atomic mass is 9.68. The first-order valence-corrected chi connectivity index (χ1v) is 14.8. The molecule has 0 amide bonds. The zero-order valence-corrected chi connectivity index (χ0v) is 23.3. The minimum atomic E-state index is -0.969. The van der Waals surface area contributed by atoms with Crippen LogP contribution in [0.15, 0.2) is 69.2 Å². The van der Waals surface area contributed by atoms with Crippen molar-refractivity contribution in [2.75, 3.05) is 19.5 Å². The number of thioether (sulfide) groups is 1. The number of nitrogens with one attached hydrogen (secondary N) is 1. The van der Waals surface area contributed by atoms with Gasteiger partial charge in [-0.05, 0) is 62.1 Å². The summed E-state index contributed by atoms with van der Waals surface area (Å²) in [4.78, 5) is 43.0. The van der Waals surface area contributed by atoms with Crippen LogP contribution in [-0.2, 0) is 23.9 Å². The number of Topliss-reactive ketones (excluding diaryl/α,β-unsaturated/α-hetero) is 1. The van der Waals surface area contributed by atoms with Crippen LogP contribution in [0, 0.1) is 5.92 Å². The fourth-order valence-electron chi connectivity index (χ4n) is 5.25. The van der Waals surface area contributed by atoms with Gasteiger partial charge in [-0.1, -0.05) is 31.5 Å². The molecule has 6 nitrogen and oxygen atoms in total. The molecule has 37 heavy (non-hydrogen) atoms. The van der Waals surface area contributed by atoms with Crippen LogP contribution in [0.1, 0.15) is 62.3 Å². The second kappa shape index (κ2) is 12.1. The fraction of sp³-hybridized carbons (Fsp3) is 0.414. The van der Waals surface area contributed by atoms with Crippen molar-refractivity contribution >= 4 is 40.8 Å². The van der Waals surface area contributed by atoms with E-state index < -0.39 is 23.8 Å². The summed E-state index contributed by atoms with van der Waals surface area (Å²) >= 11 is 3.16. The third-order valence-electron chi connectivity index (χ3n) is 6.80. The molecule has 2 heterocycles. The number of dihydropyridines is 1. The Morgan fingerprint density at radius 1 is 1.08 bits per heavy atom. The summed E-state index contributed by atoms with van der Waals surface area (Å²) in [6, 6.07) is 11.8. The van der Waals surface area contributed by atoms with E-state index in [1.807, 2.05) is 48.0 Å². The normalized spacial score (nSPS) is 21.4. The summed E-state index contributed by atoms with van der Waals surface area (Å²) in [5.74, 6) is -3.17. The molecule has 0 unspecified atom stereocenters. The van der Waals surface area contributed by atoms with Crippen molar-refractivity contribution in [2.45, 2.75) is 56.8 Å². The molecule has 0 bridgehead atoms. The monoisotopic (exact) mass is 539 g/mol. The minimum Gasteiger partial charge on any atom is -0.465 e. The molecule has 2 aromatic rings. The van der Waals surface area contributed by atoms with E-state index in [1.165, 1.54) is 11.3 Å². The predicted octanol–water partition coefficient (Wildman–Crippen LogP) is 5.96. The average molecular weight is 540 g/mol. The Balaban J connectivity index is 1.91. The molecule has 196 valence electrons. The van der Waals surface area contributed by atoms with Gasteiger partial charge in [-0.25, -0.2) is 4.79 Å². The van der Waals surface area contributed by atoms with E-state index in [9.17, 15) is 14.4 Å². The van der Waals surface area contributed by atoms with Crippen LogP contribution in [0.5, 0.6) is 0 Å². The Labute approximate surface area is 226 Å². The molecule has 3 atom stereocenters. The molecule has 0 radical (unpaired) electrons. The van der Waals surface area contributed by atoms with Crippen molar-refractivity contribution in [3.05, 3.63) is 74.8 Å². The molecule has 0 saturated heterocycles. The Morgan fingerprint density at radius 2 is 1.81 bits per heavy atom. The molecule has 1 aromatic carbocycles. The van der Waals surface area contributed by atoms with Crippen LogP contribution in [0.4, 0.5) is 0 Å². The maximum atomic E-state index is 14.3. The first-order chi connectivity index (χ1) is 17.9. The largest absolute Gasteiger partial charge is 0.465 e. The SMILES string of the molecule is CCCC1=C(C(=O)OCC)[C@H](c2ccc(SC)cc2)C2=C(C[C@H](c3cccs3)[C@H](C(=O)OCC)C2=O)N1. The Morgan fingerprint density at radius 3 is 2.41 bits per heavy atom. The number of carbonyl (C=O) groups excluding carboxylic acids is 3. The van der Waals surface area contributed by atoms with E-state index in [4.69, 9.17) is 9.47 Å². The molecule has 4 rings (SSSR count). The maximum Gasteiger partial charge on any atom is 0.336 e. The number of ether oxygens (including phenoxy) is 2. The number of esters is 2. The van der Waals surface area contributed by atoms with Gasteiger partial charge in [-0.15, -0.1) is 23.1 Å². The lowest BCUT2D eigenvalue weighted by Gasteiger charge is -2.39. The highest BCUT2D eigenvalue weighted by molar-refractivity contribution is 7.98. The van der Waals surface area contributed by atoms with E-state index in [1.54, 1.807) is 25.6 Å². The zero-order valence-electron chi connectivity index (χ0n) is 21.7. The molecule has 1 N–H and O–H groups in total. The van der Waals surface area contributed by atoms with Crippen molar-refractivity contribution in [1.29, 1.82) is 0 Å². The predicted molar refractivity (Wildman–Crippen MR) is 146 cm³/mol. The van der Waals surface area contributed by atoms with Gasteiger partial charge in [0.05, 0.1) is 18.8 Å². The highest BCUT2D eigenvalue weighted by Crippen LogP contribution is 2.49. The molecule has 0 fully saturated rings. The van der Waals surface area contributed by atoms with Crippen LogP contribution >= 0.6 is 23.1 Å². The van der Waals surface area contributed by atoms with Gasteiger partial charge >= 0.3 is 11.9 Å². The van der Waals surface area contributed by atoms with Gasteiger partial charge in [0, 0.05) is 38.6 Å². The van der Waals surface area contributed by atoms with E-state index >= 15 is 0 Å². The first kappa shape index (κ1) is 27.2. The van der Waals surface area contributed by atoms with Gasteiger partial charge in [0.1, 0.15) is 5.92 Å². The molecule has 2 aliphatic rings. The topological polar surface area (TPSA) is 81.7 Å². The molecule has 1 aromatic heterocycles. The van der Waals surface area contributed by atoms with Crippen LogP contribution in [0.3, 0.4) is 0 Å². The van der Waals surface area contributed by atoms with Crippen molar-refractivity contribution in [3.8, 4) is 0 Å². The zero-order chi connectivity index (χ0) is 26.5. The van der Waals surface area contributed by atoms with E-state index in [0.29, 0.717) is 24.0 Å². The summed E-state index contributed by atoms with van der Waals surface area (Å²) in [7, 11) is 0. The minimum absolute atomic E-state index is 0.193. The average Bonchev–Trinajstić information content (AvgIpc) is 3.43. The fourth-order valence-corrected chi connectivity index (χ4v) is 6.52. The third-order valence-corrected chi connectivity index (χ3v) is 8.55. The van der Waals surface area contributed by atoms with Crippen LogP contribution in [-0.4, -0.2) is 37.2 Å². The van der Waals surface area contributed by atoms with Gasteiger partial charge in [-0.3, -0.25) is 9.59 Å². The van der Waals surface area contributed by atoms with Crippen molar-refractivity contribution in [1.82, 2.24) is 5.32 Å². The Bertz CT molecular complexity index is 1210. The number of rotatable bonds is 9. The molecule has 8 heteroatoms. The molecule has 1 aliphatic carbocycles. The smallest absolute Gasteiger partial charge is 0.336 e. The van der Waals surface area contributed by atoms with Gasteiger partial charge < -0.3 is 14.8 Å². The standard InChI is InChI=1S/C29H33NO5S2/c1-5-9-20-26(29(33)35-7-3)23(17-11-13-18(36-4)14-12-17)25-21(30-20)16-19(22-10-8-15-37-22)24(27(25)31)28(32)34-6-2/h8,10-15,19,23-24,30H,5-7,9,16H2,1-4H3/t19-,23-,24+/m1/s1. The third kappa shape index (κ3) is 5.41. The van der Waals surface area contributed by atoms with E-state index in [2.05, 4.69) is 12.2 Å². The van der Waals surface area contributed by atoms with Gasteiger partial charge in [0.2, 0.25) is 0 Å².